The fourth-order valence-electron chi connectivity index (χ4n) is 1.38. The highest BCUT2D eigenvalue weighted by atomic mass is 16.5. The van der Waals surface area contributed by atoms with E-state index in [2.05, 4.69) is 0 Å². The molecule has 0 saturated heterocycles. The van der Waals surface area contributed by atoms with Gasteiger partial charge in [-0.2, -0.15) is 4.74 Å². The van der Waals surface area contributed by atoms with E-state index in [0.29, 0.717) is 0 Å². The Bertz CT molecular complexity index is 483. The summed E-state index contributed by atoms with van der Waals surface area (Å²) in [7, 11) is 0. The van der Waals surface area contributed by atoms with Crippen molar-refractivity contribution >= 4 is 12.4 Å². The fourth-order valence-corrected chi connectivity index (χ4v) is 1.38. The molecule has 0 aromatic heterocycles. The summed E-state index contributed by atoms with van der Waals surface area (Å²) in [6.45, 7) is 8.86. The SMILES string of the molecule is CC(C)(C)/[N+]([O-])=C/C(C)(C)/[N+]([O-])=C\c1ccccc1. The molecule has 0 fully saturated rings. The first kappa shape index (κ1) is 15.2. The minimum Gasteiger partial charge on any atom is -0.623 e. The predicted molar refractivity (Wildman–Crippen MR) is 78.8 cm³/mol. The van der Waals surface area contributed by atoms with Gasteiger partial charge in [-0.1, -0.05) is 18.2 Å². The lowest BCUT2D eigenvalue weighted by Crippen LogP contribution is -2.42. The molecule has 0 N–H and O–H groups in total. The van der Waals surface area contributed by atoms with Crippen LogP contribution in [-0.4, -0.2) is 33.0 Å². The largest absolute Gasteiger partial charge is 0.623 e. The number of benzene rings is 1. The zero-order valence-corrected chi connectivity index (χ0v) is 12.3. The third kappa shape index (κ3) is 4.39. The Balaban J connectivity index is 3.04. The molecular weight excluding hydrogens is 240 g/mol. The van der Waals surface area contributed by atoms with Crippen molar-refractivity contribution < 1.29 is 9.48 Å². The van der Waals surface area contributed by atoms with Crippen LogP contribution < -0.4 is 0 Å². The normalized spacial score (nSPS) is 14.6. The molecular formula is C15H22N2O2. The van der Waals surface area contributed by atoms with Gasteiger partial charge in [0.1, 0.15) is 0 Å². The molecule has 19 heavy (non-hydrogen) atoms. The van der Waals surface area contributed by atoms with E-state index in [1.54, 1.807) is 13.8 Å². The summed E-state index contributed by atoms with van der Waals surface area (Å²) in [4.78, 5) is 0. The summed E-state index contributed by atoms with van der Waals surface area (Å²) in [5.41, 5.74) is -0.636. The van der Waals surface area contributed by atoms with Crippen LogP contribution in [-0.2, 0) is 0 Å². The van der Waals surface area contributed by atoms with E-state index in [1.807, 2.05) is 51.1 Å². The molecule has 0 aliphatic heterocycles. The van der Waals surface area contributed by atoms with Crippen LogP contribution in [0.4, 0.5) is 0 Å². The molecule has 0 bridgehead atoms. The third-order valence-electron chi connectivity index (χ3n) is 2.73. The van der Waals surface area contributed by atoms with Gasteiger partial charge in [0.25, 0.3) is 0 Å². The van der Waals surface area contributed by atoms with Crippen molar-refractivity contribution in [3.63, 3.8) is 0 Å². The lowest BCUT2D eigenvalue weighted by Gasteiger charge is -2.24. The first-order chi connectivity index (χ1) is 8.63. The lowest BCUT2D eigenvalue weighted by molar-refractivity contribution is -0.561. The van der Waals surface area contributed by atoms with E-state index >= 15 is 0 Å². The smallest absolute Gasteiger partial charge is 0.243 e. The fraction of sp³-hybridized carbons (Fsp3) is 0.467. The van der Waals surface area contributed by atoms with Crippen LogP contribution in [0.5, 0.6) is 0 Å². The zero-order valence-electron chi connectivity index (χ0n) is 12.3. The van der Waals surface area contributed by atoms with Crippen LogP contribution in [0, 0.1) is 10.4 Å². The first-order valence-electron chi connectivity index (χ1n) is 6.32. The number of hydroxylamine groups is 2. The maximum atomic E-state index is 12.2. The predicted octanol–water partition coefficient (Wildman–Crippen LogP) is 2.77. The number of hydrogen-bond acceptors (Lipinski definition) is 2. The second kappa shape index (κ2) is 5.43. The Morgan fingerprint density at radius 3 is 1.89 bits per heavy atom. The first-order valence-corrected chi connectivity index (χ1v) is 6.32. The van der Waals surface area contributed by atoms with Crippen LogP contribution in [0.3, 0.4) is 0 Å². The van der Waals surface area contributed by atoms with Crippen molar-refractivity contribution in [1.29, 1.82) is 0 Å². The van der Waals surface area contributed by atoms with Crippen molar-refractivity contribution in [2.45, 2.75) is 45.7 Å². The van der Waals surface area contributed by atoms with Crippen LogP contribution in [0.1, 0.15) is 40.2 Å². The van der Waals surface area contributed by atoms with E-state index in [4.69, 9.17) is 0 Å². The molecule has 4 nitrogen and oxygen atoms in total. The highest BCUT2D eigenvalue weighted by Gasteiger charge is 2.31. The topological polar surface area (TPSA) is 52.1 Å². The minimum absolute atomic E-state index is 0.551. The van der Waals surface area contributed by atoms with E-state index < -0.39 is 11.1 Å². The summed E-state index contributed by atoms with van der Waals surface area (Å²) < 4.78 is 1.63. The molecule has 0 spiro atoms. The van der Waals surface area contributed by atoms with Gasteiger partial charge in [-0.25, -0.2) is 4.74 Å². The van der Waals surface area contributed by atoms with Crippen molar-refractivity contribution in [3.05, 3.63) is 46.3 Å². The summed E-state index contributed by atoms with van der Waals surface area (Å²) >= 11 is 0. The Morgan fingerprint density at radius 1 is 0.895 bits per heavy atom. The summed E-state index contributed by atoms with van der Waals surface area (Å²) in [6, 6.07) is 9.32. The maximum Gasteiger partial charge on any atom is 0.243 e. The van der Waals surface area contributed by atoms with Gasteiger partial charge in [0.2, 0.25) is 11.8 Å². The lowest BCUT2D eigenvalue weighted by atomic mass is 10.1. The van der Waals surface area contributed by atoms with Gasteiger partial charge >= 0.3 is 0 Å². The Labute approximate surface area is 114 Å². The van der Waals surface area contributed by atoms with Crippen LogP contribution in [0.25, 0.3) is 0 Å². The number of rotatable bonds is 3. The van der Waals surface area contributed by atoms with E-state index in [9.17, 15) is 10.4 Å². The van der Waals surface area contributed by atoms with E-state index in [0.717, 1.165) is 15.0 Å². The summed E-state index contributed by atoms with van der Waals surface area (Å²) in [5, 5.41) is 24.1. The number of hydrogen-bond donors (Lipinski definition) is 0. The molecule has 0 aliphatic rings. The van der Waals surface area contributed by atoms with Gasteiger partial charge in [-0.15, -0.1) is 0 Å². The zero-order chi connectivity index (χ0) is 14.7. The van der Waals surface area contributed by atoms with Crippen molar-refractivity contribution in [2.75, 3.05) is 0 Å². The quantitative estimate of drug-likeness (QED) is 0.364. The second-order valence-electron chi connectivity index (χ2n) is 6.14. The number of nitrogens with zero attached hydrogens (tertiary/aromatic N) is 2. The van der Waals surface area contributed by atoms with Crippen LogP contribution in [0.2, 0.25) is 0 Å². The molecule has 0 aliphatic carbocycles. The van der Waals surface area contributed by atoms with Gasteiger partial charge < -0.3 is 10.4 Å². The molecule has 104 valence electrons. The maximum absolute atomic E-state index is 12.2. The standard InChI is InChI=1S/C15H22N2O2/c1-14(2,3)17(19)12-15(4,5)16(18)11-13-9-7-6-8-10-13/h6-12H,1-5H3/b16-11+,17-12-. The Morgan fingerprint density at radius 2 is 1.42 bits per heavy atom. The van der Waals surface area contributed by atoms with Crippen molar-refractivity contribution in [3.8, 4) is 0 Å². The molecule has 0 unspecified atom stereocenters. The van der Waals surface area contributed by atoms with Gasteiger partial charge in [-0.3, -0.25) is 0 Å². The molecule has 0 saturated carbocycles. The molecule has 1 aromatic rings. The summed E-state index contributed by atoms with van der Waals surface area (Å²) in [6.07, 6.45) is 2.91. The molecule has 4 heteroatoms. The highest BCUT2D eigenvalue weighted by molar-refractivity contribution is 5.76. The summed E-state index contributed by atoms with van der Waals surface area (Å²) in [5.74, 6) is 0. The average molecular weight is 262 g/mol. The van der Waals surface area contributed by atoms with E-state index in [-0.39, 0.29) is 0 Å². The molecule has 1 rings (SSSR count). The third-order valence-corrected chi connectivity index (χ3v) is 2.73. The van der Waals surface area contributed by atoms with Gasteiger partial charge in [0.15, 0.2) is 11.8 Å². The molecule has 0 amide bonds. The van der Waals surface area contributed by atoms with Crippen LogP contribution >= 0.6 is 0 Å². The monoisotopic (exact) mass is 262 g/mol. The second-order valence-corrected chi connectivity index (χ2v) is 6.14. The van der Waals surface area contributed by atoms with Gasteiger partial charge in [0, 0.05) is 40.2 Å². The molecule has 1 aromatic carbocycles. The Kier molecular flexibility index (Phi) is 4.35. The van der Waals surface area contributed by atoms with Crippen molar-refractivity contribution in [1.82, 2.24) is 0 Å². The average Bonchev–Trinajstić information content (AvgIpc) is 2.28. The van der Waals surface area contributed by atoms with E-state index in [1.165, 1.54) is 12.4 Å². The molecule has 0 heterocycles. The highest BCUT2D eigenvalue weighted by Crippen LogP contribution is 2.10. The van der Waals surface area contributed by atoms with Gasteiger partial charge in [0.05, 0.1) is 0 Å². The molecule has 0 radical (unpaired) electrons. The van der Waals surface area contributed by atoms with Crippen LogP contribution in [0.15, 0.2) is 30.3 Å². The molecule has 0 atom stereocenters. The van der Waals surface area contributed by atoms with Crippen molar-refractivity contribution in [2.24, 2.45) is 0 Å². The Hall–Kier alpha value is -1.84. The minimum atomic E-state index is -0.898. The van der Waals surface area contributed by atoms with Gasteiger partial charge in [-0.05, 0) is 12.1 Å².